The first-order valence-electron chi connectivity index (χ1n) is 24.5. The monoisotopic (exact) mass is 912 g/mol. The molecule has 0 aliphatic rings. The van der Waals surface area contributed by atoms with Gasteiger partial charge in [0.1, 0.15) is 11.6 Å². The summed E-state index contributed by atoms with van der Waals surface area (Å²) in [5.41, 5.74) is 2.34. The van der Waals surface area contributed by atoms with E-state index in [1.54, 1.807) is 31.2 Å². The van der Waals surface area contributed by atoms with Gasteiger partial charge in [0.2, 0.25) is 0 Å². The molecular weight excluding hydrogens is 835 g/mol. The van der Waals surface area contributed by atoms with Crippen LogP contribution in [-0.4, -0.2) is 54.5 Å². The Bertz CT molecular complexity index is 2230. The van der Waals surface area contributed by atoms with Gasteiger partial charge in [0, 0.05) is 12.1 Å². The van der Waals surface area contributed by atoms with Gasteiger partial charge in [-0.15, -0.1) is 0 Å². The van der Waals surface area contributed by atoms with E-state index in [9.17, 15) is 19.2 Å². The van der Waals surface area contributed by atoms with Crippen LogP contribution in [0.15, 0.2) is 65.5 Å². The lowest BCUT2D eigenvalue weighted by molar-refractivity contribution is -0.146. The Morgan fingerprint density at radius 1 is 0.697 bits per heavy atom. The fourth-order valence-electron chi connectivity index (χ4n) is 7.80. The molecule has 0 saturated carbocycles. The van der Waals surface area contributed by atoms with Crippen molar-refractivity contribution in [3.05, 3.63) is 93.5 Å². The number of benzene rings is 3. The molecule has 1 N–H and O–H groups in total. The van der Waals surface area contributed by atoms with Crippen molar-refractivity contribution in [3.8, 4) is 17.2 Å². The standard InChI is InChI=1S/C54H77N3O9/c1-10-14-15-16-17-18-19-20-21-22-23-26-35-65-50(59)39-30-32-45(62-9)46(37-39)66-52(61)56-47(51(60)63-13-4)48-55-43-29-25-24-28-41(43)49(58)57(48)34-27-36-64-44-33-31-40(53(5,6)11-2)38-42(44)54(7,8)12-3/h24-25,28-33,37-38,47H,10-23,26-27,34-36H2,1-9H3,(H,56,61). The smallest absolute Gasteiger partial charge is 0.413 e. The average Bonchev–Trinajstić information content (AvgIpc) is 3.31. The van der Waals surface area contributed by atoms with Gasteiger partial charge in [0.05, 0.1) is 43.4 Å². The van der Waals surface area contributed by atoms with Crippen LogP contribution < -0.4 is 25.1 Å². The molecule has 4 rings (SSSR count). The van der Waals surface area contributed by atoms with E-state index in [0.717, 1.165) is 43.4 Å². The summed E-state index contributed by atoms with van der Waals surface area (Å²) in [4.78, 5) is 59.4. The molecule has 0 aliphatic heterocycles. The molecule has 0 bridgehead atoms. The van der Waals surface area contributed by atoms with Crippen LogP contribution in [0.25, 0.3) is 10.9 Å². The molecule has 1 amide bonds. The first kappa shape index (κ1) is 53.2. The molecule has 0 spiro atoms. The second-order valence-electron chi connectivity index (χ2n) is 18.4. The molecule has 66 heavy (non-hydrogen) atoms. The third kappa shape index (κ3) is 15.3. The van der Waals surface area contributed by atoms with Crippen LogP contribution in [0, 0.1) is 0 Å². The minimum Gasteiger partial charge on any atom is -0.493 e. The summed E-state index contributed by atoms with van der Waals surface area (Å²) in [6, 6.07) is 16.1. The Labute approximate surface area is 393 Å². The number of carbonyl (C=O) groups is 3. The molecule has 0 radical (unpaired) electrons. The number of carbonyl (C=O) groups excluding carboxylic acids is 3. The summed E-state index contributed by atoms with van der Waals surface area (Å²) in [6.07, 6.45) is 15.6. The maximum Gasteiger partial charge on any atom is 0.413 e. The number of ether oxygens (including phenoxy) is 5. The maximum atomic E-state index is 14.2. The topological polar surface area (TPSA) is 144 Å². The number of nitrogens with zero attached hydrogens (tertiary/aromatic N) is 2. The summed E-state index contributed by atoms with van der Waals surface area (Å²) < 4.78 is 29.9. The van der Waals surface area contributed by atoms with Crippen molar-refractivity contribution in [2.75, 3.05) is 26.9 Å². The van der Waals surface area contributed by atoms with Crippen molar-refractivity contribution in [2.24, 2.45) is 0 Å². The molecule has 0 fully saturated rings. The van der Waals surface area contributed by atoms with E-state index < -0.39 is 29.6 Å². The molecule has 12 heteroatoms. The molecule has 1 heterocycles. The summed E-state index contributed by atoms with van der Waals surface area (Å²) >= 11 is 0. The fourth-order valence-corrected chi connectivity index (χ4v) is 7.80. The fraction of sp³-hybridized carbons (Fsp3) is 0.574. The number of para-hydroxylation sites is 1. The van der Waals surface area contributed by atoms with E-state index in [1.807, 2.05) is 6.07 Å². The SMILES string of the molecule is CCCCCCCCCCCCCCOC(=O)c1ccc(OC)c(OC(=O)NC(C(=O)OCC)c2nc3ccccc3c(=O)n2CCCOc2ccc(C(C)(C)CC)cc2C(C)(C)CC)c1. The van der Waals surface area contributed by atoms with Gasteiger partial charge >= 0.3 is 18.0 Å². The number of rotatable bonds is 29. The Balaban J connectivity index is 1.47. The first-order chi connectivity index (χ1) is 31.7. The van der Waals surface area contributed by atoms with E-state index in [-0.39, 0.29) is 60.1 Å². The van der Waals surface area contributed by atoms with E-state index in [2.05, 4.69) is 65.9 Å². The van der Waals surface area contributed by atoms with Crippen LogP contribution in [0.2, 0.25) is 0 Å². The van der Waals surface area contributed by atoms with Gasteiger partial charge in [0.15, 0.2) is 17.5 Å². The Morgan fingerprint density at radius 2 is 1.33 bits per heavy atom. The van der Waals surface area contributed by atoms with Crippen LogP contribution in [-0.2, 0) is 31.6 Å². The Hall–Kier alpha value is -5.39. The number of nitrogens with one attached hydrogen (secondary N) is 1. The number of aromatic nitrogens is 2. The van der Waals surface area contributed by atoms with E-state index >= 15 is 0 Å². The van der Waals surface area contributed by atoms with Gasteiger partial charge in [-0.1, -0.05) is 143 Å². The number of hydrogen-bond donors (Lipinski definition) is 1. The normalized spacial score (nSPS) is 12.1. The van der Waals surface area contributed by atoms with Crippen LogP contribution in [0.5, 0.6) is 17.2 Å². The highest BCUT2D eigenvalue weighted by atomic mass is 16.6. The van der Waals surface area contributed by atoms with Gasteiger partial charge in [-0.05, 0) is 85.4 Å². The van der Waals surface area contributed by atoms with E-state index in [0.29, 0.717) is 17.3 Å². The van der Waals surface area contributed by atoms with Crippen molar-refractivity contribution in [3.63, 3.8) is 0 Å². The van der Waals surface area contributed by atoms with Gasteiger partial charge in [-0.3, -0.25) is 9.36 Å². The summed E-state index contributed by atoms with van der Waals surface area (Å²) in [5.74, 6) is -0.560. The predicted molar refractivity (Wildman–Crippen MR) is 262 cm³/mol. The molecular formula is C54H77N3O9. The molecule has 0 saturated heterocycles. The lowest BCUT2D eigenvalue weighted by Crippen LogP contribution is -2.41. The zero-order valence-corrected chi connectivity index (χ0v) is 41.4. The Morgan fingerprint density at radius 3 is 1.97 bits per heavy atom. The van der Waals surface area contributed by atoms with Crippen LogP contribution in [0.4, 0.5) is 4.79 Å². The highest BCUT2D eigenvalue weighted by Crippen LogP contribution is 2.38. The number of unbranched alkanes of at least 4 members (excludes halogenated alkanes) is 11. The van der Waals surface area contributed by atoms with Gasteiger partial charge < -0.3 is 29.0 Å². The van der Waals surface area contributed by atoms with E-state index in [1.165, 1.54) is 93.2 Å². The quantitative estimate of drug-likeness (QED) is 0.0413. The zero-order valence-electron chi connectivity index (χ0n) is 41.4. The van der Waals surface area contributed by atoms with Crippen molar-refractivity contribution in [1.82, 2.24) is 14.9 Å². The summed E-state index contributed by atoms with van der Waals surface area (Å²) in [5, 5.41) is 2.93. The molecule has 3 aromatic carbocycles. The number of hydrogen-bond acceptors (Lipinski definition) is 10. The van der Waals surface area contributed by atoms with Crippen LogP contribution >= 0.6 is 0 Å². The van der Waals surface area contributed by atoms with Crippen molar-refractivity contribution in [2.45, 2.75) is 175 Å². The van der Waals surface area contributed by atoms with Crippen LogP contribution in [0.1, 0.15) is 185 Å². The minimum absolute atomic E-state index is 0.000378. The molecule has 1 unspecified atom stereocenters. The molecule has 4 aromatic rings. The number of fused-ring (bicyclic) bond motifs is 1. The zero-order chi connectivity index (χ0) is 48.1. The third-order valence-corrected chi connectivity index (χ3v) is 12.8. The summed E-state index contributed by atoms with van der Waals surface area (Å²) in [7, 11) is 1.40. The van der Waals surface area contributed by atoms with Gasteiger partial charge in [-0.2, -0.15) is 0 Å². The highest BCUT2D eigenvalue weighted by molar-refractivity contribution is 5.91. The average molecular weight is 912 g/mol. The number of esters is 2. The Kier molecular flexibility index (Phi) is 21.5. The molecule has 362 valence electrons. The van der Waals surface area contributed by atoms with Gasteiger partial charge in [-0.25, -0.2) is 19.4 Å². The van der Waals surface area contributed by atoms with E-state index in [4.69, 9.17) is 28.7 Å². The number of amides is 1. The third-order valence-electron chi connectivity index (χ3n) is 12.8. The minimum atomic E-state index is -1.54. The van der Waals surface area contributed by atoms with Gasteiger partial charge in [0.25, 0.3) is 5.56 Å². The lowest BCUT2D eigenvalue weighted by atomic mass is 9.76. The molecule has 0 aliphatic carbocycles. The number of methoxy groups -OCH3 is 1. The van der Waals surface area contributed by atoms with Crippen LogP contribution in [0.3, 0.4) is 0 Å². The summed E-state index contributed by atoms with van der Waals surface area (Å²) in [6.45, 7) is 17.8. The first-order valence-corrected chi connectivity index (χ1v) is 24.5. The highest BCUT2D eigenvalue weighted by Gasteiger charge is 2.32. The maximum absolute atomic E-state index is 14.2. The molecule has 1 atom stereocenters. The second-order valence-corrected chi connectivity index (χ2v) is 18.4. The predicted octanol–water partition coefficient (Wildman–Crippen LogP) is 12.5. The lowest BCUT2D eigenvalue weighted by Gasteiger charge is -2.30. The van der Waals surface area contributed by atoms with Crippen molar-refractivity contribution < 1.29 is 38.1 Å². The largest absolute Gasteiger partial charge is 0.493 e. The van der Waals surface area contributed by atoms with Crippen molar-refractivity contribution >= 4 is 28.9 Å². The second kappa shape index (κ2) is 26.7. The molecule has 1 aromatic heterocycles. The molecule has 12 nitrogen and oxygen atoms in total. The van der Waals surface area contributed by atoms with Crippen molar-refractivity contribution in [1.29, 1.82) is 0 Å².